The molecular weight excluding hydrogens is 310 g/mol. The zero-order chi connectivity index (χ0) is 17.7. The number of carbonyl (C=O) groups is 2. The third-order valence-electron chi connectivity index (χ3n) is 4.42. The first-order chi connectivity index (χ1) is 11.4. The normalized spacial score (nSPS) is 20.2. The number of carbonyl (C=O) groups excluding carboxylic acids is 1. The Kier molecular flexibility index (Phi) is 6.30. The lowest BCUT2D eigenvalue weighted by atomic mass is 9.85. The van der Waals surface area contributed by atoms with E-state index < -0.39 is 5.97 Å². The van der Waals surface area contributed by atoms with E-state index >= 15 is 0 Å². The minimum Gasteiger partial charge on any atom is -0.480 e. The fourth-order valence-corrected chi connectivity index (χ4v) is 2.84. The Bertz CT molecular complexity index is 566. The molecule has 0 aromatic carbocycles. The van der Waals surface area contributed by atoms with Gasteiger partial charge in [-0.15, -0.1) is 5.10 Å². The highest BCUT2D eigenvalue weighted by atomic mass is 16.4. The number of likely N-dealkylation sites (N-methyl/N-ethyl adjacent to an activating group) is 1. The lowest BCUT2D eigenvalue weighted by Gasteiger charge is -2.42. The highest BCUT2D eigenvalue weighted by Gasteiger charge is 2.35. The zero-order valence-electron chi connectivity index (χ0n) is 14.6. The van der Waals surface area contributed by atoms with Gasteiger partial charge in [-0.25, -0.2) is 0 Å². The third kappa shape index (κ3) is 5.02. The first-order valence-corrected chi connectivity index (χ1v) is 8.55. The lowest BCUT2D eigenvalue weighted by molar-refractivity contribution is -0.139. The van der Waals surface area contributed by atoms with E-state index in [-0.39, 0.29) is 24.5 Å². The second kappa shape index (κ2) is 8.23. The monoisotopic (exact) mass is 337 g/mol. The summed E-state index contributed by atoms with van der Waals surface area (Å²) in [6.07, 6.45) is 4.21. The van der Waals surface area contributed by atoms with E-state index in [4.69, 9.17) is 5.11 Å². The Morgan fingerprint density at radius 2 is 2.17 bits per heavy atom. The van der Waals surface area contributed by atoms with E-state index in [0.29, 0.717) is 18.2 Å². The van der Waals surface area contributed by atoms with E-state index in [1.54, 1.807) is 10.9 Å². The summed E-state index contributed by atoms with van der Waals surface area (Å²) in [6.45, 7) is 7.73. The first-order valence-electron chi connectivity index (χ1n) is 8.55. The molecule has 8 nitrogen and oxygen atoms in total. The summed E-state index contributed by atoms with van der Waals surface area (Å²) in [4.78, 5) is 24.9. The Labute approximate surface area is 142 Å². The van der Waals surface area contributed by atoms with Crippen LogP contribution in [0.15, 0.2) is 6.20 Å². The summed E-state index contributed by atoms with van der Waals surface area (Å²) in [5.74, 6) is -0.455. The van der Waals surface area contributed by atoms with E-state index in [1.807, 2.05) is 11.8 Å². The number of rotatable bonds is 9. The van der Waals surface area contributed by atoms with Crippen molar-refractivity contribution < 1.29 is 14.7 Å². The lowest BCUT2D eigenvalue weighted by Crippen LogP contribution is -2.54. The van der Waals surface area contributed by atoms with Crippen molar-refractivity contribution >= 4 is 11.9 Å². The van der Waals surface area contributed by atoms with E-state index in [2.05, 4.69) is 29.5 Å². The van der Waals surface area contributed by atoms with Crippen molar-refractivity contribution in [2.75, 3.05) is 13.1 Å². The van der Waals surface area contributed by atoms with E-state index in [0.717, 1.165) is 25.8 Å². The molecule has 1 heterocycles. The molecule has 0 atom stereocenters. The predicted molar refractivity (Wildman–Crippen MR) is 88.6 cm³/mol. The van der Waals surface area contributed by atoms with Crippen LogP contribution in [-0.2, 0) is 11.3 Å². The summed E-state index contributed by atoms with van der Waals surface area (Å²) in [5.41, 5.74) is 0.333. The number of nitrogens with one attached hydrogen (secondary N) is 1. The number of hydrogen-bond donors (Lipinski definition) is 2. The summed E-state index contributed by atoms with van der Waals surface area (Å²) < 4.78 is 1.70. The molecule has 1 amide bonds. The highest BCUT2D eigenvalue weighted by Crippen LogP contribution is 2.25. The smallest absolute Gasteiger partial charge is 0.317 e. The Hall–Kier alpha value is -1.96. The van der Waals surface area contributed by atoms with Crippen molar-refractivity contribution in [2.24, 2.45) is 5.92 Å². The van der Waals surface area contributed by atoms with E-state index in [9.17, 15) is 9.59 Å². The van der Waals surface area contributed by atoms with Crippen molar-refractivity contribution in [1.29, 1.82) is 0 Å². The van der Waals surface area contributed by atoms with Crippen LogP contribution >= 0.6 is 0 Å². The molecule has 0 unspecified atom stereocenters. The zero-order valence-corrected chi connectivity index (χ0v) is 14.6. The summed E-state index contributed by atoms with van der Waals surface area (Å²) >= 11 is 0. The number of nitrogens with zero attached hydrogens (tertiary/aromatic N) is 4. The Morgan fingerprint density at radius 3 is 2.75 bits per heavy atom. The molecule has 1 aromatic heterocycles. The van der Waals surface area contributed by atoms with Gasteiger partial charge in [0.05, 0.1) is 12.7 Å². The standard InChI is InChI=1S/C16H27N5O3/c1-4-20(10-15(22)23)13-7-12(8-13)17-16(24)14-9-21(19-18-14)6-5-11(2)3/h9,11-13H,4-8,10H2,1-3H3,(H,17,24)(H,22,23). The molecule has 0 radical (unpaired) electrons. The third-order valence-corrected chi connectivity index (χ3v) is 4.42. The summed E-state index contributed by atoms with van der Waals surface area (Å²) in [6, 6.07) is 0.296. The Morgan fingerprint density at radius 1 is 1.46 bits per heavy atom. The highest BCUT2D eigenvalue weighted by molar-refractivity contribution is 5.92. The van der Waals surface area contributed by atoms with Gasteiger partial charge < -0.3 is 10.4 Å². The van der Waals surface area contributed by atoms with Crippen LogP contribution in [0.5, 0.6) is 0 Å². The van der Waals surface area contributed by atoms with Gasteiger partial charge in [0.1, 0.15) is 0 Å². The fourth-order valence-electron chi connectivity index (χ4n) is 2.84. The maximum Gasteiger partial charge on any atom is 0.317 e. The minimum absolute atomic E-state index is 0.0476. The van der Waals surface area contributed by atoms with Gasteiger partial charge >= 0.3 is 5.97 Å². The van der Waals surface area contributed by atoms with Crippen molar-refractivity contribution in [3.63, 3.8) is 0 Å². The van der Waals surface area contributed by atoms with Crippen LogP contribution < -0.4 is 5.32 Å². The van der Waals surface area contributed by atoms with Crippen LogP contribution in [0.2, 0.25) is 0 Å². The molecule has 134 valence electrons. The van der Waals surface area contributed by atoms with Crippen LogP contribution in [0, 0.1) is 5.92 Å². The molecule has 1 fully saturated rings. The molecule has 0 saturated heterocycles. The first kappa shape index (κ1) is 18.4. The number of aliphatic carboxylic acids is 1. The van der Waals surface area contributed by atoms with Crippen molar-refractivity contribution in [2.45, 2.75) is 58.7 Å². The van der Waals surface area contributed by atoms with Gasteiger partial charge in [-0.05, 0) is 31.7 Å². The summed E-state index contributed by atoms with van der Waals surface area (Å²) in [5, 5.41) is 19.7. The average molecular weight is 337 g/mol. The van der Waals surface area contributed by atoms with Crippen LogP contribution in [0.3, 0.4) is 0 Å². The number of carboxylic acid groups (broad SMARTS) is 1. The number of hydrogen-bond acceptors (Lipinski definition) is 5. The number of carboxylic acids is 1. The molecule has 1 saturated carbocycles. The molecule has 0 aliphatic heterocycles. The van der Waals surface area contributed by atoms with Gasteiger partial charge in [-0.3, -0.25) is 19.2 Å². The maximum absolute atomic E-state index is 12.2. The molecule has 1 aliphatic rings. The molecule has 2 rings (SSSR count). The maximum atomic E-state index is 12.2. The minimum atomic E-state index is -0.817. The fraction of sp³-hybridized carbons (Fsp3) is 0.750. The van der Waals surface area contributed by atoms with Crippen molar-refractivity contribution in [3.05, 3.63) is 11.9 Å². The second-order valence-corrected chi connectivity index (χ2v) is 6.80. The van der Waals surface area contributed by atoms with E-state index in [1.165, 1.54) is 0 Å². The van der Waals surface area contributed by atoms with Gasteiger partial charge in [0.15, 0.2) is 5.69 Å². The van der Waals surface area contributed by atoms with Gasteiger partial charge in [0.2, 0.25) is 0 Å². The molecule has 0 bridgehead atoms. The molecule has 8 heteroatoms. The van der Waals surface area contributed by atoms with Crippen LogP contribution in [0.1, 0.15) is 50.5 Å². The van der Waals surface area contributed by atoms with Gasteiger partial charge in [-0.1, -0.05) is 26.0 Å². The van der Waals surface area contributed by atoms with Crippen molar-refractivity contribution in [1.82, 2.24) is 25.2 Å². The van der Waals surface area contributed by atoms with Gasteiger partial charge in [0.25, 0.3) is 5.91 Å². The molecule has 1 aromatic rings. The van der Waals surface area contributed by atoms with Crippen LogP contribution in [0.4, 0.5) is 0 Å². The number of aryl methyl sites for hydroxylation is 1. The predicted octanol–water partition coefficient (Wildman–Crippen LogP) is 0.992. The van der Waals surface area contributed by atoms with Crippen LogP contribution in [-0.4, -0.2) is 62.0 Å². The topological polar surface area (TPSA) is 100 Å². The quantitative estimate of drug-likeness (QED) is 0.697. The van der Waals surface area contributed by atoms with Crippen molar-refractivity contribution in [3.8, 4) is 0 Å². The van der Waals surface area contributed by atoms with Crippen LogP contribution in [0.25, 0.3) is 0 Å². The SMILES string of the molecule is CCN(CC(=O)O)C1CC(NC(=O)c2cn(CCC(C)C)nn2)C1. The largest absolute Gasteiger partial charge is 0.480 e. The number of amides is 1. The molecule has 1 aliphatic carbocycles. The second-order valence-electron chi connectivity index (χ2n) is 6.80. The average Bonchev–Trinajstić information content (AvgIpc) is 2.95. The molecule has 2 N–H and O–H groups in total. The molecule has 0 spiro atoms. The molecular formula is C16H27N5O3. The van der Waals surface area contributed by atoms with Gasteiger partial charge in [-0.2, -0.15) is 0 Å². The van der Waals surface area contributed by atoms with Gasteiger partial charge in [0, 0.05) is 18.6 Å². The number of aromatic nitrogens is 3. The summed E-state index contributed by atoms with van der Waals surface area (Å²) in [7, 11) is 0. The molecule has 24 heavy (non-hydrogen) atoms. The Balaban J connectivity index is 1.77.